The molecule has 1 aromatic carbocycles. The van der Waals surface area contributed by atoms with Gasteiger partial charge in [0, 0.05) is 10.5 Å². The van der Waals surface area contributed by atoms with E-state index in [1.165, 1.54) is 0 Å². The van der Waals surface area contributed by atoms with Gasteiger partial charge in [0.05, 0.1) is 17.2 Å². The lowest BCUT2D eigenvalue weighted by molar-refractivity contribution is 0.490. The van der Waals surface area contributed by atoms with E-state index >= 15 is 0 Å². The summed E-state index contributed by atoms with van der Waals surface area (Å²) in [5, 5.41) is 0.449. The van der Waals surface area contributed by atoms with Crippen LogP contribution in [0.4, 0.5) is 0 Å². The Bertz CT molecular complexity index is 803. The summed E-state index contributed by atoms with van der Waals surface area (Å²) in [6.45, 7) is 0. The Kier molecular flexibility index (Phi) is 3.05. The molecular formula is C14H8BrNO3. The van der Waals surface area contributed by atoms with Crippen molar-refractivity contribution in [2.75, 3.05) is 0 Å². The summed E-state index contributed by atoms with van der Waals surface area (Å²) in [4.78, 5) is 16.1. The highest BCUT2D eigenvalue weighted by Gasteiger charge is 2.04. The second-order valence-corrected chi connectivity index (χ2v) is 4.77. The Morgan fingerprint density at radius 3 is 2.89 bits per heavy atom. The summed E-state index contributed by atoms with van der Waals surface area (Å²) in [5.74, 6) is 0.913. The van der Waals surface area contributed by atoms with Crippen molar-refractivity contribution in [1.82, 2.24) is 4.98 Å². The van der Waals surface area contributed by atoms with Crippen LogP contribution >= 0.6 is 15.9 Å². The van der Waals surface area contributed by atoms with Gasteiger partial charge in [0.1, 0.15) is 5.76 Å². The van der Waals surface area contributed by atoms with E-state index < -0.39 is 5.63 Å². The van der Waals surface area contributed by atoms with Gasteiger partial charge in [0.25, 0.3) is 0 Å². The van der Waals surface area contributed by atoms with Crippen molar-refractivity contribution in [1.29, 1.82) is 0 Å². The van der Waals surface area contributed by atoms with Gasteiger partial charge in [-0.2, -0.15) is 0 Å². The predicted octanol–water partition coefficient (Wildman–Crippen LogP) is 3.71. The van der Waals surface area contributed by atoms with E-state index in [-0.39, 0.29) is 5.89 Å². The van der Waals surface area contributed by atoms with Crippen LogP contribution in [0, 0.1) is 0 Å². The summed E-state index contributed by atoms with van der Waals surface area (Å²) >= 11 is 3.31. The zero-order chi connectivity index (χ0) is 13.2. The van der Waals surface area contributed by atoms with Crippen LogP contribution in [-0.2, 0) is 0 Å². The number of furan rings is 1. The Balaban J connectivity index is 2.06. The average Bonchev–Trinajstić information content (AvgIpc) is 2.90. The Morgan fingerprint density at radius 2 is 2.11 bits per heavy atom. The number of aromatic nitrogens is 1. The van der Waals surface area contributed by atoms with Crippen molar-refractivity contribution < 1.29 is 8.83 Å². The first kappa shape index (κ1) is 11.9. The Hall–Kier alpha value is -2.14. The molecule has 19 heavy (non-hydrogen) atoms. The summed E-state index contributed by atoms with van der Waals surface area (Å²) < 4.78 is 11.1. The fourth-order valence-electron chi connectivity index (χ4n) is 1.67. The van der Waals surface area contributed by atoms with E-state index in [9.17, 15) is 4.79 Å². The molecular weight excluding hydrogens is 310 g/mol. The lowest BCUT2D eigenvalue weighted by Gasteiger charge is -1.97. The van der Waals surface area contributed by atoms with Gasteiger partial charge in [-0.3, -0.25) is 0 Å². The van der Waals surface area contributed by atoms with Crippen LogP contribution in [0.5, 0.6) is 0 Å². The fraction of sp³-hybridized carbons (Fsp3) is 0. The van der Waals surface area contributed by atoms with E-state index in [1.54, 1.807) is 42.7 Å². The van der Waals surface area contributed by atoms with Gasteiger partial charge in [-0.15, -0.1) is 0 Å². The van der Waals surface area contributed by atoms with Gasteiger partial charge >= 0.3 is 5.63 Å². The van der Waals surface area contributed by atoms with Gasteiger partial charge in [0.15, 0.2) is 0 Å². The van der Waals surface area contributed by atoms with E-state index in [4.69, 9.17) is 8.83 Å². The normalized spacial score (nSPS) is 11.4. The molecule has 0 aliphatic carbocycles. The van der Waals surface area contributed by atoms with Crippen molar-refractivity contribution in [2.45, 2.75) is 0 Å². The minimum absolute atomic E-state index is 0.247. The minimum atomic E-state index is -0.412. The van der Waals surface area contributed by atoms with Crippen molar-refractivity contribution >= 4 is 39.0 Å². The molecule has 0 N–H and O–H groups in total. The average molecular weight is 318 g/mol. The molecule has 0 aliphatic rings. The Morgan fingerprint density at radius 1 is 1.21 bits per heavy atom. The number of hydrogen-bond acceptors (Lipinski definition) is 4. The molecule has 3 rings (SSSR count). The molecule has 0 aliphatic heterocycles. The van der Waals surface area contributed by atoms with E-state index in [1.807, 2.05) is 6.07 Å². The van der Waals surface area contributed by atoms with Crippen LogP contribution in [-0.4, -0.2) is 4.98 Å². The first-order chi connectivity index (χ1) is 9.22. The molecule has 2 aromatic heterocycles. The highest BCUT2D eigenvalue weighted by molar-refractivity contribution is 9.10. The number of fused-ring (bicyclic) bond motifs is 1. The van der Waals surface area contributed by atoms with Gasteiger partial charge in [-0.05, 0) is 36.4 Å². The second kappa shape index (κ2) is 4.85. The second-order valence-electron chi connectivity index (χ2n) is 3.85. The van der Waals surface area contributed by atoms with Gasteiger partial charge < -0.3 is 8.83 Å². The third kappa shape index (κ3) is 2.51. The molecule has 3 aromatic rings. The molecule has 0 saturated carbocycles. The van der Waals surface area contributed by atoms with Gasteiger partial charge in [-0.25, -0.2) is 9.78 Å². The van der Waals surface area contributed by atoms with Crippen LogP contribution in [0.2, 0.25) is 0 Å². The molecule has 94 valence electrons. The molecule has 2 heterocycles. The van der Waals surface area contributed by atoms with Crippen molar-refractivity contribution in [3.8, 4) is 0 Å². The number of hydrogen-bond donors (Lipinski definition) is 0. The first-order valence-electron chi connectivity index (χ1n) is 5.54. The van der Waals surface area contributed by atoms with Crippen LogP contribution in [0.25, 0.3) is 23.1 Å². The molecule has 4 nitrogen and oxygen atoms in total. The summed E-state index contributed by atoms with van der Waals surface area (Å²) in [5.41, 5.74) is 0.184. The highest BCUT2D eigenvalue weighted by Crippen LogP contribution is 2.16. The summed E-state index contributed by atoms with van der Waals surface area (Å²) in [6.07, 6.45) is 4.86. The van der Waals surface area contributed by atoms with Crippen LogP contribution in [0.15, 0.2) is 54.7 Å². The van der Waals surface area contributed by atoms with E-state index in [2.05, 4.69) is 20.9 Å². The van der Waals surface area contributed by atoms with Crippen molar-refractivity contribution in [2.24, 2.45) is 0 Å². The minimum Gasteiger partial charge on any atom is -0.465 e. The topological polar surface area (TPSA) is 56.2 Å². The maximum Gasteiger partial charge on any atom is 0.347 e. The third-order valence-electron chi connectivity index (χ3n) is 2.54. The maximum atomic E-state index is 11.8. The summed E-state index contributed by atoms with van der Waals surface area (Å²) in [7, 11) is 0. The molecule has 0 fully saturated rings. The number of rotatable bonds is 2. The quantitative estimate of drug-likeness (QED) is 0.723. The number of benzene rings is 1. The van der Waals surface area contributed by atoms with Gasteiger partial charge in [0.2, 0.25) is 5.89 Å². The zero-order valence-electron chi connectivity index (χ0n) is 9.67. The van der Waals surface area contributed by atoms with Crippen molar-refractivity contribution in [3.05, 3.63) is 63.1 Å². The molecule has 0 spiro atoms. The molecule has 0 saturated heterocycles. The smallest absolute Gasteiger partial charge is 0.347 e. The fourth-order valence-corrected chi connectivity index (χ4v) is 2.03. The molecule has 5 heteroatoms. The van der Waals surface area contributed by atoms with Crippen LogP contribution in [0.1, 0.15) is 11.7 Å². The number of halogens is 1. The summed E-state index contributed by atoms with van der Waals surface area (Å²) in [6, 6.07) is 8.86. The first-order valence-corrected chi connectivity index (χ1v) is 6.34. The van der Waals surface area contributed by atoms with Gasteiger partial charge in [-0.1, -0.05) is 15.9 Å². The third-order valence-corrected chi connectivity index (χ3v) is 3.03. The predicted molar refractivity (Wildman–Crippen MR) is 75.6 cm³/mol. The molecule has 0 bridgehead atoms. The molecule has 0 amide bonds. The molecule has 0 unspecified atom stereocenters. The molecule has 0 atom stereocenters. The molecule has 0 radical (unpaired) electrons. The monoisotopic (exact) mass is 317 g/mol. The largest absolute Gasteiger partial charge is 0.465 e. The standard InChI is InChI=1S/C14H8BrNO3/c15-9-3-5-12-11(8-9)14(17)19-13(16-12)6-4-10-2-1-7-18-10/h1-8H. The van der Waals surface area contributed by atoms with Crippen LogP contribution < -0.4 is 5.63 Å². The zero-order valence-corrected chi connectivity index (χ0v) is 11.3. The number of nitrogens with zero attached hydrogens (tertiary/aromatic N) is 1. The maximum absolute atomic E-state index is 11.8. The lowest BCUT2D eigenvalue weighted by atomic mass is 10.2. The van der Waals surface area contributed by atoms with Crippen LogP contribution in [0.3, 0.4) is 0 Å². The van der Waals surface area contributed by atoms with E-state index in [0.29, 0.717) is 16.7 Å². The highest BCUT2D eigenvalue weighted by atomic mass is 79.9. The van der Waals surface area contributed by atoms with Crippen molar-refractivity contribution in [3.63, 3.8) is 0 Å². The van der Waals surface area contributed by atoms with E-state index in [0.717, 1.165) is 4.47 Å². The lowest BCUT2D eigenvalue weighted by Crippen LogP contribution is -2.02. The Labute approximate surface area is 116 Å². The SMILES string of the molecule is O=c1oc(C=Cc2ccco2)nc2ccc(Br)cc12.